The van der Waals surface area contributed by atoms with E-state index in [4.69, 9.17) is 10.5 Å². The molecule has 5 heteroatoms. The Kier molecular flexibility index (Phi) is 4.93. The van der Waals surface area contributed by atoms with Crippen molar-refractivity contribution in [3.8, 4) is 5.75 Å². The third kappa shape index (κ3) is 3.72. The highest BCUT2D eigenvalue weighted by Crippen LogP contribution is 2.23. The number of hydrogen-bond donors (Lipinski definition) is 3. The van der Waals surface area contributed by atoms with Gasteiger partial charge in [-0.1, -0.05) is 0 Å². The van der Waals surface area contributed by atoms with Crippen LogP contribution in [0, 0.1) is 0 Å². The van der Waals surface area contributed by atoms with E-state index in [-0.39, 0.29) is 12.5 Å². The highest BCUT2D eigenvalue weighted by Gasteiger charge is 2.09. The lowest BCUT2D eigenvalue weighted by atomic mass is 10.2. The Labute approximate surface area is 101 Å². The van der Waals surface area contributed by atoms with E-state index < -0.39 is 6.04 Å². The van der Waals surface area contributed by atoms with Gasteiger partial charge in [-0.05, 0) is 32.0 Å². The average molecular weight is 238 g/mol. The Morgan fingerprint density at radius 1 is 1.59 bits per heavy atom. The molecule has 0 aromatic heterocycles. The number of benzene rings is 1. The SMILES string of the molecule is CCOc1ccc(NC(=O)C(C)N)cc1CO. The number of carbonyl (C=O) groups is 1. The minimum atomic E-state index is -0.570. The second-order valence-corrected chi connectivity index (χ2v) is 3.69. The average Bonchev–Trinajstić information content (AvgIpc) is 2.31. The summed E-state index contributed by atoms with van der Waals surface area (Å²) in [5, 5.41) is 11.9. The Morgan fingerprint density at radius 2 is 2.29 bits per heavy atom. The van der Waals surface area contributed by atoms with E-state index in [1.807, 2.05) is 6.92 Å². The fraction of sp³-hybridized carbons (Fsp3) is 0.417. The van der Waals surface area contributed by atoms with Crippen LogP contribution < -0.4 is 15.8 Å². The number of ether oxygens (including phenoxy) is 1. The van der Waals surface area contributed by atoms with Gasteiger partial charge in [0.1, 0.15) is 5.75 Å². The summed E-state index contributed by atoms with van der Waals surface area (Å²) in [5.41, 5.74) is 6.68. The zero-order chi connectivity index (χ0) is 12.8. The molecular formula is C12H18N2O3. The fourth-order valence-electron chi connectivity index (χ4n) is 1.33. The molecule has 0 spiro atoms. The zero-order valence-corrected chi connectivity index (χ0v) is 10.1. The van der Waals surface area contributed by atoms with Crippen molar-refractivity contribution >= 4 is 11.6 Å². The molecular weight excluding hydrogens is 220 g/mol. The maximum atomic E-state index is 11.4. The number of anilines is 1. The van der Waals surface area contributed by atoms with Crippen molar-refractivity contribution in [1.82, 2.24) is 0 Å². The molecule has 0 saturated heterocycles. The van der Waals surface area contributed by atoms with Gasteiger partial charge in [0, 0.05) is 11.3 Å². The predicted molar refractivity (Wildman–Crippen MR) is 65.8 cm³/mol. The van der Waals surface area contributed by atoms with Gasteiger partial charge in [0.2, 0.25) is 5.91 Å². The third-order valence-corrected chi connectivity index (χ3v) is 2.21. The second kappa shape index (κ2) is 6.22. The number of amides is 1. The van der Waals surface area contributed by atoms with Gasteiger partial charge >= 0.3 is 0 Å². The van der Waals surface area contributed by atoms with Crippen molar-refractivity contribution in [3.63, 3.8) is 0 Å². The van der Waals surface area contributed by atoms with E-state index in [2.05, 4.69) is 5.32 Å². The molecule has 0 saturated carbocycles. The minimum Gasteiger partial charge on any atom is -0.494 e. The normalized spacial score (nSPS) is 12.0. The first-order chi connectivity index (χ1) is 8.08. The number of hydrogen-bond acceptors (Lipinski definition) is 4. The molecule has 0 aliphatic heterocycles. The van der Waals surface area contributed by atoms with Gasteiger partial charge in [-0.15, -0.1) is 0 Å². The second-order valence-electron chi connectivity index (χ2n) is 3.69. The number of nitrogens with one attached hydrogen (secondary N) is 1. The van der Waals surface area contributed by atoms with Crippen LogP contribution >= 0.6 is 0 Å². The van der Waals surface area contributed by atoms with Crippen molar-refractivity contribution in [3.05, 3.63) is 23.8 Å². The first-order valence-corrected chi connectivity index (χ1v) is 5.51. The van der Waals surface area contributed by atoms with Crippen LogP contribution in [0.15, 0.2) is 18.2 Å². The van der Waals surface area contributed by atoms with Crippen LogP contribution in [-0.4, -0.2) is 23.7 Å². The van der Waals surface area contributed by atoms with Gasteiger partial charge in [0.15, 0.2) is 0 Å². The van der Waals surface area contributed by atoms with Gasteiger partial charge in [-0.3, -0.25) is 4.79 Å². The summed E-state index contributed by atoms with van der Waals surface area (Å²) < 4.78 is 5.34. The zero-order valence-electron chi connectivity index (χ0n) is 10.1. The maximum Gasteiger partial charge on any atom is 0.240 e. The summed E-state index contributed by atoms with van der Waals surface area (Å²) >= 11 is 0. The molecule has 0 bridgehead atoms. The fourth-order valence-corrected chi connectivity index (χ4v) is 1.33. The molecule has 0 aliphatic rings. The predicted octanol–water partition coefficient (Wildman–Crippen LogP) is 0.863. The van der Waals surface area contributed by atoms with Crippen LogP contribution in [0.2, 0.25) is 0 Å². The van der Waals surface area contributed by atoms with Crippen molar-refractivity contribution in [1.29, 1.82) is 0 Å². The van der Waals surface area contributed by atoms with E-state index in [1.165, 1.54) is 0 Å². The minimum absolute atomic E-state index is 0.142. The summed E-state index contributed by atoms with van der Waals surface area (Å²) in [6, 6.07) is 4.53. The van der Waals surface area contributed by atoms with Gasteiger partial charge in [0.25, 0.3) is 0 Å². The van der Waals surface area contributed by atoms with Crippen LogP contribution in [0.5, 0.6) is 5.75 Å². The molecule has 17 heavy (non-hydrogen) atoms. The molecule has 1 unspecified atom stereocenters. The number of rotatable bonds is 5. The Balaban J connectivity index is 2.85. The standard InChI is InChI=1S/C12H18N2O3/c1-3-17-11-5-4-10(6-9(11)7-15)14-12(16)8(2)13/h4-6,8,15H,3,7,13H2,1-2H3,(H,14,16). The molecule has 1 rings (SSSR count). The maximum absolute atomic E-state index is 11.4. The lowest BCUT2D eigenvalue weighted by Gasteiger charge is -2.12. The highest BCUT2D eigenvalue weighted by molar-refractivity contribution is 5.94. The Morgan fingerprint density at radius 3 is 2.82 bits per heavy atom. The molecule has 4 N–H and O–H groups in total. The molecule has 1 aromatic carbocycles. The molecule has 0 aliphatic carbocycles. The number of aliphatic hydroxyl groups excluding tert-OH is 1. The molecule has 0 fully saturated rings. The molecule has 1 aromatic rings. The third-order valence-electron chi connectivity index (χ3n) is 2.21. The molecule has 5 nitrogen and oxygen atoms in total. The van der Waals surface area contributed by atoms with Crippen LogP contribution in [0.3, 0.4) is 0 Å². The smallest absolute Gasteiger partial charge is 0.240 e. The van der Waals surface area contributed by atoms with Crippen molar-refractivity contribution in [2.75, 3.05) is 11.9 Å². The Bertz CT molecular complexity index is 391. The number of aliphatic hydroxyl groups is 1. The van der Waals surface area contributed by atoms with Crippen LogP contribution in [-0.2, 0) is 11.4 Å². The summed E-state index contributed by atoms with van der Waals surface area (Å²) in [4.78, 5) is 11.4. The van der Waals surface area contributed by atoms with Gasteiger partial charge < -0.3 is 20.9 Å². The van der Waals surface area contributed by atoms with E-state index in [0.717, 1.165) is 0 Å². The van der Waals surface area contributed by atoms with Gasteiger partial charge in [-0.25, -0.2) is 0 Å². The molecule has 1 amide bonds. The van der Waals surface area contributed by atoms with Crippen molar-refractivity contribution in [2.24, 2.45) is 5.73 Å². The summed E-state index contributed by atoms with van der Waals surface area (Å²) in [5.74, 6) is 0.354. The summed E-state index contributed by atoms with van der Waals surface area (Å²) in [7, 11) is 0. The first-order valence-electron chi connectivity index (χ1n) is 5.51. The monoisotopic (exact) mass is 238 g/mol. The van der Waals surface area contributed by atoms with Gasteiger partial charge in [-0.2, -0.15) is 0 Å². The van der Waals surface area contributed by atoms with Crippen LogP contribution in [0.4, 0.5) is 5.69 Å². The first kappa shape index (κ1) is 13.5. The lowest BCUT2D eigenvalue weighted by Crippen LogP contribution is -2.32. The van der Waals surface area contributed by atoms with E-state index in [0.29, 0.717) is 23.6 Å². The lowest BCUT2D eigenvalue weighted by molar-refractivity contribution is -0.117. The number of carbonyl (C=O) groups excluding carboxylic acids is 1. The molecule has 0 heterocycles. The van der Waals surface area contributed by atoms with Gasteiger partial charge in [0.05, 0.1) is 19.3 Å². The number of nitrogens with two attached hydrogens (primary N) is 1. The van der Waals surface area contributed by atoms with Crippen molar-refractivity contribution < 1.29 is 14.6 Å². The largest absolute Gasteiger partial charge is 0.494 e. The highest BCUT2D eigenvalue weighted by atomic mass is 16.5. The molecule has 0 radical (unpaired) electrons. The van der Waals surface area contributed by atoms with Crippen LogP contribution in [0.1, 0.15) is 19.4 Å². The molecule has 94 valence electrons. The Hall–Kier alpha value is -1.59. The van der Waals surface area contributed by atoms with Crippen molar-refractivity contribution in [2.45, 2.75) is 26.5 Å². The summed E-state index contributed by atoms with van der Waals surface area (Å²) in [6.45, 7) is 3.86. The van der Waals surface area contributed by atoms with E-state index >= 15 is 0 Å². The van der Waals surface area contributed by atoms with E-state index in [9.17, 15) is 9.90 Å². The quantitative estimate of drug-likeness (QED) is 0.710. The topological polar surface area (TPSA) is 84.6 Å². The molecule has 1 atom stereocenters. The van der Waals surface area contributed by atoms with E-state index in [1.54, 1.807) is 25.1 Å². The van der Waals surface area contributed by atoms with Crippen LogP contribution in [0.25, 0.3) is 0 Å². The summed E-state index contributed by atoms with van der Waals surface area (Å²) in [6.07, 6.45) is 0.